The van der Waals surface area contributed by atoms with Crippen LogP contribution in [0, 0.1) is 5.82 Å². The fourth-order valence-corrected chi connectivity index (χ4v) is 2.35. The van der Waals surface area contributed by atoms with Gasteiger partial charge in [-0.05, 0) is 12.5 Å². The predicted octanol–water partition coefficient (Wildman–Crippen LogP) is 1.94. The van der Waals surface area contributed by atoms with Crippen molar-refractivity contribution >= 4 is 0 Å². The number of morpholine rings is 1. The second kappa shape index (κ2) is 6.27. The van der Waals surface area contributed by atoms with Crippen molar-refractivity contribution in [2.24, 2.45) is 5.73 Å². The molecular formula is C14H21FN2O. The topological polar surface area (TPSA) is 38.5 Å². The van der Waals surface area contributed by atoms with Crippen LogP contribution < -0.4 is 5.73 Å². The second-order valence-corrected chi connectivity index (χ2v) is 4.79. The highest BCUT2D eigenvalue weighted by molar-refractivity contribution is 5.21. The van der Waals surface area contributed by atoms with E-state index in [1.165, 1.54) is 6.07 Å². The Labute approximate surface area is 108 Å². The largest absolute Gasteiger partial charge is 0.376 e. The third-order valence-electron chi connectivity index (χ3n) is 3.44. The molecule has 0 spiro atoms. The molecule has 2 rings (SSSR count). The lowest BCUT2D eigenvalue weighted by atomic mass is 10.1. The van der Waals surface area contributed by atoms with Crippen molar-refractivity contribution in [3.63, 3.8) is 0 Å². The number of hydrogen-bond acceptors (Lipinski definition) is 3. The lowest BCUT2D eigenvalue weighted by Gasteiger charge is -2.34. The van der Waals surface area contributed by atoms with E-state index in [2.05, 4.69) is 11.8 Å². The Balaban J connectivity index is 1.95. The number of ether oxygens (including phenoxy) is 1. The predicted molar refractivity (Wildman–Crippen MR) is 69.8 cm³/mol. The molecule has 0 bridgehead atoms. The summed E-state index contributed by atoms with van der Waals surface area (Å²) >= 11 is 0. The van der Waals surface area contributed by atoms with Crippen LogP contribution in [0.1, 0.15) is 24.9 Å². The summed E-state index contributed by atoms with van der Waals surface area (Å²) in [5.74, 6) is -0.217. The number of nitrogens with zero attached hydrogens (tertiary/aromatic N) is 1. The van der Waals surface area contributed by atoms with E-state index in [0.717, 1.165) is 26.1 Å². The highest BCUT2D eigenvalue weighted by atomic mass is 19.1. The number of hydrogen-bond donors (Lipinski definition) is 1. The highest BCUT2D eigenvalue weighted by Gasteiger charge is 2.21. The van der Waals surface area contributed by atoms with Gasteiger partial charge in [0.25, 0.3) is 0 Å². The lowest BCUT2D eigenvalue weighted by Crippen LogP contribution is -2.45. The molecule has 0 amide bonds. The van der Waals surface area contributed by atoms with Gasteiger partial charge in [-0.15, -0.1) is 0 Å². The summed E-state index contributed by atoms with van der Waals surface area (Å²) in [6.45, 7) is 5.30. The average Bonchev–Trinajstić information content (AvgIpc) is 2.39. The summed E-state index contributed by atoms with van der Waals surface area (Å²) in [6, 6.07) is 6.46. The first kappa shape index (κ1) is 13.5. The molecular weight excluding hydrogens is 231 g/mol. The molecule has 1 aliphatic heterocycles. The maximum absolute atomic E-state index is 13.6. The molecule has 1 heterocycles. The zero-order chi connectivity index (χ0) is 13.0. The summed E-state index contributed by atoms with van der Waals surface area (Å²) in [5.41, 5.74) is 6.69. The first-order chi connectivity index (χ1) is 8.70. The van der Waals surface area contributed by atoms with Gasteiger partial charge in [0.2, 0.25) is 0 Å². The van der Waals surface area contributed by atoms with Gasteiger partial charge in [-0.2, -0.15) is 0 Å². The summed E-state index contributed by atoms with van der Waals surface area (Å²) < 4.78 is 19.2. The molecule has 2 atom stereocenters. The van der Waals surface area contributed by atoms with Crippen molar-refractivity contribution < 1.29 is 9.13 Å². The van der Waals surface area contributed by atoms with Crippen LogP contribution in [-0.4, -0.2) is 37.2 Å². The number of halogens is 1. The van der Waals surface area contributed by atoms with Crippen LogP contribution in [0.15, 0.2) is 24.3 Å². The summed E-state index contributed by atoms with van der Waals surface area (Å²) in [7, 11) is 0. The van der Waals surface area contributed by atoms with Crippen LogP contribution >= 0.6 is 0 Å². The average molecular weight is 252 g/mol. The van der Waals surface area contributed by atoms with Gasteiger partial charge in [0.15, 0.2) is 0 Å². The van der Waals surface area contributed by atoms with E-state index in [1.807, 2.05) is 6.07 Å². The molecule has 3 nitrogen and oxygen atoms in total. The Kier molecular flexibility index (Phi) is 4.69. The zero-order valence-corrected chi connectivity index (χ0v) is 10.8. The molecule has 1 aromatic rings. The molecule has 1 aliphatic rings. The Bertz CT molecular complexity index is 386. The summed E-state index contributed by atoms with van der Waals surface area (Å²) in [4.78, 5) is 2.26. The molecule has 18 heavy (non-hydrogen) atoms. The maximum Gasteiger partial charge on any atom is 0.128 e. The van der Waals surface area contributed by atoms with Gasteiger partial charge < -0.3 is 10.5 Å². The van der Waals surface area contributed by atoms with Crippen molar-refractivity contribution in [2.75, 3.05) is 26.2 Å². The van der Waals surface area contributed by atoms with E-state index >= 15 is 0 Å². The van der Waals surface area contributed by atoms with Gasteiger partial charge in [0.1, 0.15) is 5.82 Å². The van der Waals surface area contributed by atoms with Gasteiger partial charge in [0.05, 0.1) is 12.7 Å². The standard InChI is InChI=1S/C14H21FN2O/c1-2-11-9-17(7-8-18-11)10-14(16)12-5-3-4-6-13(12)15/h3-6,11,14H,2,7-10,16H2,1H3. The molecule has 0 aliphatic carbocycles. The molecule has 2 N–H and O–H groups in total. The van der Waals surface area contributed by atoms with E-state index in [4.69, 9.17) is 10.5 Å². The molecule has 2 unspecified atom stereocenters. The molecule has 0 aromatic heterocycles. The van der Waals surface area contributed by atoms with Crippen LogP contribution in [0.3, 0.4) is 0 Å². The Hall–Kier alpha value is -0.970. The van der Waals surface area contributed by atoms with Gasteiger partial charge in [-0.1, -0.05) is 25.1 Å². The van der Waals surface area contributed by atoms with Gasteiger partial charge in [0, 0.05) is 31.2 Å². The molecule has 0 saturated carbocycles. The number of nitrogens with two attached hydrogens (primary N) is 1. The third-order valence-corrected chi connectivity index (χ3v) is 3.44. The second-order valence-electron chi connectivity index (χ2n) is 4.79. The number of rotatable bonds is 4. The molecule has 4 heteroatoms. The van der Waals surface area contributed by atoms with Crippen molar-refractivity contribution in [1.82, 2.24) is 4.90 Å². The van der Waals surface area contributed by atoms with Crippen LogP contribution in [0.5, 0.6) is 0 Å². The smallest absolute Gasteiger partial charge is 0.128 e. The van der Waals surface area contributed by atoms with Crippen LogP contribution in [0.2, 0.25) is 0 Å². The van der Waals surface area contributed by atoms with Crippen molar-refractivity contribution in [1.29, 1.82) is 0 Å². The third kappa shape index (κ3) is 3.28. The first-order valence-corrected chi connectivity index (χ1v) is 6.54. The van der Waals surface area contributed by atoms with Crippen LogP contribution in [0.25, 0.3) is 0 Å². The minimum absolute atomic E-state index is 0.217. The quantitative estimate of drug-likeness (QED) is 0.890. The van der Waals surface area contributed by atoms with Crippen molar-refractivity contribution in [3.8, 4) is 0 Å². The van der Waals surface area contributed by atoms with Crippen molar-refractivity contribution in [3.05, 3.63) is 35.6 Å². The van der Waals surface area contributed by atoms with Gasteiger partial charge in [-0.25, -0.2) is 4.39 Å². The molecule has 0 radical (unpaired) electrons. The van der Waals surface area contributed by atoms with Crippen molar-refractivity contribution in [2.45, 2.75) is 25.5 Å². The fourth-order valence-electron chi connectivity index (χ4n) is 2.35. The van der Waals surface area contributed by atoms with E-state index in [9.17, 15) is 4.39 Å². The lowest BCUT2D eigenvalue weighted by molar-refractivity contribution is -0.0312. The van der Waals surface area contributed by atoms with E-state index in [-0.39, 0.29) is 18.0 Å². The fraction of sp³-hybridized carbons (Fsp3) is 0.571. The van der Waals surface area contributed by atoms with E-state index in [1.54, 1.807) is 12.1 Å². The summed E-state index contributed by atoms with van der Waals surface area (Å²) in [6.07, 6.45) is 1.29. The summed E-state index contributed by atoms with van der Waals surface area (Å²) in [5, 5.41) is 0. The highest BCUT2D eigenvalue weighted by Crippen LogP contribution is 2.17. The van der Waals surface area contributed by atoms with Crippen LogP contribution in [0.4, 0.5) is 4.39 Å². The minimum Gasteiger partial charge on any atom is -0.376 e. The van der Waals surface area contributed by atoms with Gasteiger partial charge in [-0.3, -0.25) is 4.90 Å². The molecule has 100 valence electrons. The van der Waals surface area contributed by atoms with Gasteiger partial charge >= 0.3 is 0 Å². The number of benzene rings is 1. The monoisotopic (exact) mass is 252 g/mol. The first-order valence-electron chi connectivity index (χ1n) is 6.54. The molecule has 1 saturated heterocycles. The SMILES string of the molecule is CCC1CN(CC(N)c2ccccc2F)CCO1. The Morgan fingerprint density at radius 2 is 2.28 bits per heavy atom. The van der Waals surface area contributed by atoms with E-state index in [0.29, 0.717) is 12.1 Å². The van der Waals surface area contributed by atoms with E-state index < -0.39 is 0 Å². The Morgan fingerprint density at radius 1 is 1.50 bits per heavy atom. The molecule has 1 aromatic carbocycles. The van der Waals surface area contributed by atoms with Crippen LogP contribution in [-0.2, 0) is 4.74 Å². The minimum atomic E-state index is -0.276. The zero-order valence-electron chi connectivity index (χ0n) is 10.8. The molecule has 1 fully saturated rings. The normalized spacial score (nSPS) is 22.9. The maximum atomic E-state index is 13.6. The Morgan fingerprint density at radius 3 is 3.00 bits per heavy atom.